The molecule has 5 heteroatoms. The Morgan fingerprint density at radius 2 is 1.78 bits per heavy atom. The van der Waals surface area contributed by atoms with E-state index in [1.165, 1.54) is 25.7 Å². The van der Waals surface area contributed by atoms with Crippen molar-refractivity contribution in [1.82, 2.24) is 9.88 Å². The fourth-order valence-corrected chi connectivity index (χ4v) is 4.63. The summed E-state index contributed by atoms with van der Waals surface area (Å²) in [6, 6.07) is 9.65. The first-order valence-electron chi connectivity index (χ1n) is 10.1. The molecule has 2 aliphatic rings. The highest BCUT2D eigenvalue weighted by Crippen LogP contribution is 2.33. The molecule has 1 saturated carbocycles. The van der Waals surface area contributed by atoms with Crippen LogP contribution in [0.2, 0.25) is 0 Å². The van der Waals surface area contributed by atoms with E-state index < -0.39 is 5.91 Å². The number of carbonyl (C=O) groups is 2. The molecule has 0 radical (unpaired) electrons. The van der Waals surface area contributed by atoms with Gasteiger partial charge in [-0.15, -0.1) is 0 Å². The Kier molecular flexibility index (Phi) is 5.10. The van der Waals surface area contributed by atoms with Crippen LogP contribution in [0.1, 0.15) is 66.9 Å². The zero-order chi connectivity index (χ0) is 18.8. The number of aromatic nitrogens is 1. The number of carbonyl (C=O) groups excluding carboxylic acids is 2. The Labute approximate surface area is 159 Å². The van der Waals surface area contributed by atoms with Crippen molar-refractivity contribution in [3.8, 4) is 0 Å². The second-order valence-corrected chi connectivity index (χ2v) is 7.99. The van der Waals surface area contributed by atoms with Gasteiger partial charge in [-0.05, 0) is 43.7 Å². The van der Waals surface area contributed by atoms with Gasteiger partial charge >= 0.3 is 0 Å². The molecule has 2 amide bonds. The van der Waals surface area contributed by atoms with Crippen molar-refractivity contribution in [2.75, 3.05) is 13.1 Å². The molecule has 0 atom stereocenters. The topological polar surface area (TPSA) is 76.3 Å². The van der Waals surface area contributed by atoms with Crippen LogP contribution in [-0.2, 0) is 4.79 Å². The van der Waals surface area contributed by atoms with Crippen LogP contribution in [0.25, 0.3) is 10.9 Å². The predicted octanol–water partition coefficient (Wildman–Crippen LogP) is 3.62. The van der Waals surface area contributed by atoms with Crippen LogP contribution in [0.4, 0.5) is 0 Å². The number of hydrogen-bond donors (Lipinski definition) is 1. The smallest absolute Gasteiger partial charge is 0.250 e. The molecule has 2 heterocycles. The molecule has 0 bridgehead atoms. The van der Waals surface area contributed by atoms with Crippen molar-refractivity contribution in [3.63, 3.8) is 0 Å². The highest BCUT2D eigenvalue weighted by atomic mass is 16.2. The average Bonchev–Trinajstić information content (AvgIpc) is 3.20. The lowest BCUT2D eigenvalue weighted by atomic mass is 9.89. The monoisotopic (exact) mass is 365 g/mol. The lowest BCUT2D eigenvalue weighted by Crippen LogP contribution is -2.39. The van der Waals surface area contributed by atoms with Gasteiger partial charge in [0, 0.05) is 30.8 Å². The summed E-state index contributed by atoms with van der Waals surface area (Å²) >= 11 is 0. The largest absolute Gasteiger partial charge is 0.366 e. The van der Waals surface area contributed by atoms with Gasteiger partial charge in [-0.3, -0.25) is 14.6 Å². The van der Waals surface area contributed by atoms with Gasteiger partial charge in [0.25, 0.3) is 5.91 Å². The van der Waals surface area contributed by atoms with Crippen molar-refractivity contribution < 1.29 is 9.59 Å². The SMILES string of the molecule is NC(=O)c1cc2ccccc2nc1C1CCN(C(=O)CC2CCCC2)CC1. The molecule has 2 N–H and O–H groups in total. The molecule has 1 saturated heterocycles. The van der Waals surface area contributed by atoms with Crippen molar-refractivity contribution in [2.24, 2.45) is 11.7 Å². The van der Waals surface area contributed by atoms with E-state index >= 15 is 0 Å². The van der Waals surface area contributed by atoms with Crippen LogP contribution < -0.4 is 5.73 Å². The first-order chi connectivity index (χ1) is 13.1. The number of pyridine rings is 1. The number of nitrogens with two attached hydrogens (primary N) is 1. The quantitative estimate of drug-likeness (QED) is 0.899. The molecule has 2 aromatic rings. The van der Waals surface area contributed by atoms with Crippen molar-refractivity contribution >= 4 is 22.7 Å². The van der Waals surface area contributed by atoms with E-state index in [9.17, 15) is 9.59 Å². The number of likely N-dealkylation sites (tertiary alicyclic amines) is 1. The van der Waals surface area contributed by atoms with Gasteiger partial charge in [-0.2, -0.15) is 0 Å². The Bertz CT molecular complexity index is 850. The maximum Gasteiger partial charge on any atom is 0.250 e. The molecule has 4 rings (SSSR count). The predicted molar refractivity (Wildman–Crippen MR) is 105 cm³/mol. The Hall–Kier alpha value is -2.43. The van der Waals surface area contributed by atoms with Gasteiger partial charge in [-0.25, -0.2) is 0 Å². The molecule has 27 heavy (non-hydrogen) atoms. The zero-order valence-electron chi connectivity index (χ0n) is 15.7. The Morgan fingerprint density at radius 3 is 2.48 bits per heavy atom. The highest BCUT2D eigenvalue weighted by molar-refractivity contribution is 5.97. The second-order valence-electron chi connectivity index (χ2n) is 7.99. The molecule has 0 spiro atoms. The number of amides is 2. The number of fused-ring (bicyclic) bond motifs is 1. The van der Waals surface area contributed by atoms with Crippen molar-refractivity contribution in [3.05, 3.63) is 41.6 Å². The third-order valence-corrected chi connectivity index (χ3v) is 6.19. The van der Waals surface area contributed by atoms with E-state index in [1.807, 2.05) is 35.2 Å². The molecule has 142 valence electrons. The number of benzene rings is 1. The third kappa shape index (κ3) is 3.82. The molecule has 0 unspecified atom stereocenters. The first-order valence-corrected chi connectivity index (χ1v) is 10.1. The van der Waals surface area contributed by atoms with Crippen molar-refractivity contribution in [1.29, 1.82) is 0 Å². The lowest BCUT2D eigenvalue weighted by molar-refractivity contribution is -0.133. The summed E-state index contributed by atoms with van der Waals surface area (Å²) in [5.74, 6) is 0.622. The normalized spacial score (nSPS) is 18.9. The summed E-state index contributed by atoms with van der Waals surface area (Å²) in [5.41, 5.74) is 7.84. The van der Waals surface area contributed by atoms with E-state index in [4.69, 9.17) is 10.7 Å². The highest BCUT2D eigenvalue weighted by Gasteiger charge is 2.29. The summed E-state index contributed by atoms with van der Waals surface area (Å²) in [5, 5.41) is 0.930. The van der Waals surface area contributed by atoms with Crippen LogP contribution >= 0.6 is 0 Å². The standard InChI is InChI=1S/C22H27N3O2/c23-22(27)18-14-17-7-3-4-8-19(17)24-21(18)16-9-11-25(12-10-16)20(26)13-15-5-1-2-6-15/h3-4,7-8,14-16H,1-2,5-6,9-13H2,(H2,23,27). The van der Waals surface area contributed by atoms with Crippen LogP contribution in [0, 0.1) is 5.92 Å². The zero-order valence-corrected chi connectivity index (χ0v) is 15.7. The fourth-order valence-electron chi connectivity index (χ4n) is 4.63. The number of rotatable bonds is 4. The van der Waals surface area contributed by atoms with E-state index in [-0.39, 0.29) is 5.92 Å². The number of piperidine rings is 1. The second kappa shape index (κ2) is 7.67. The first kappa shape index (κ1) is 18.0. The minimum atomic E-state index is -0.428. The van der Waals surface area contributed by atoms with Crippen LogP contribution in [0.3, 0.4) is 0 Å². The lowest BCUT2D eigenvalue weighted by Gasteiger charge is -2.33. The Morgan fingerprint density at radius 1 is 1.07 bits per heavy atom. The summed E-state index contributed by atoms with van der Waals surface area (Å²) in [7, 11) is 0. The Balaban J connectivity index is 1.48. The van der Waals surface area contributed by atoms with Gasteiger partial charge in [0.15, 0.2) is 0 Å². The van der Waals surface area contributed by atoms with Crippen LogP contribution in [-0.4, -0.2) is 34.8 Å². The van der Waals surface area contributed by atoms with Gasteiger partial charge in [0.1, 0.15) is 0 Å². The molecule has 1 aromatic carbocycles. The molecule has 1 aliphatic heterocycles. The molecular weight excluding hydrogens is 338 g/mol. The van der Waals surface area contributed by atoms with Crippen molar-refractivity contribution in [2.45, 2.75) is 50.9 Å². The number of primary amides is 1. The van der Waals surface area contributed by atoms with E-state index in [1.54, 1.807) is 0 Å². The summed E-state index contributed by atoms with van der Waals surface area (Å²) in [6.07, 6.45) is 7.30. The van der Waals surface area contributed by atoms with Gasteiger partial charge in [-0.1, -0.05) is 31.0 Å². The maximum absolute atomic E-state index is 12.6. The average molecular weight is 365 g/mol. The van der Waals surface area contributed by atoms with E-state index in [0.29, 0.717) is 23.8 Å². The van der Waals surface area contributed by atoms with Crippen LogP contribution in [0.5, 0.6) is 0 Å². The minimum absolute atomic E-state index is 0.174. The van der Waals surface area contributed by atoms with E-state index in [2.05, 4.69) is 0 Å². The van der Waals surface area contributed by atoms with Crippen LogP contribution in [0.15, 0.2) is 30.3 Å². The van der Waals surface area contributed by atoms with Gasteiger partial charge in [0.2, 0.25) is 5.91 Å². The molecule has 5 nitrogen and oxygen atoms in total. The van der Waals surface area contributed by atoms with Gasteiger partial charge < -0.3 is 10.6 Å². The molecule has 1 aromatic heterocycles. The number of para-hydroxylation sites is 1. The maximum atomic E-state index is 12.6. The van der Waals surface area contributed by atoms with Gasteiger partial charge in [0.05, 0.1) is 16.8 Å². The number of hydrogen-bond acceptors (Lipinski definition) is 3. The minimum Gasteiger partial charge on any atom is -0.366 e. The molecule has 2 fully saturated rings. The van der Waals surface area contributed by atoms with E-state index in [0.717, 1.165) is 42.5 Å². The fraction of sp³-hybridized carbons (Fsp3) is 0.500. The molecule has 1 aliphatic carbocycles. The number of nitrogens with zero attached hydrogens (tertiary/aromatic N) is 2. The third-order valence-electron chi connectivity index (χ3n) is 6.19. The summed E-state index contributed by atoms with van der Waals surface area (Å²) in [4.78, 5) is 31.3. The summed E-state index contributed by atoms with van der Waals surface area (Å²) in [6.45, 7) is 1.48. The molecular formula is C22H27N3O2. The summed E-state index contributed by atoms with van der Waals surface area (Å²) < 4.78 is 0.